The van der Waals surface area contributed by atoms with Crippen LogP contribution in [0, 0.1) is 0 Å². The second kappa shape index (κ2) is 6.93. The topological polar surface area (TPSA) is 75.6 Å². The maximum Gasteiger partial charge on any atom is 0.316 e. The highest BCUT2D eigenvalue weighted by molar-refractivity contribution is 5.88. The molecule has 0 saturated carbocycles. The summed E-state index contributed by atoms with van der Waals surface area (Å²) in [6, 6.07) is 1.77. The molecule has 7 heteroatoms. The smallest absolute Gasteiger partial charge is 0.316 e. The number of rotatable bonds is 4. The SMILES string of the molecule is C[C@@H](C(=O)N1CCC(Oc2ncccn2)CC1)N1CCCC1=O. The Labute approximate surface area is 135 Å². The van der Waals surface area contributed by atoms with E-state index in [2.05, 4.69) is 9.97 Å². The number of hydrogen-bond donors (Lipinski definition) is 0. The van der Waals surface area contributed by atoms with Crippen molar-refractivity contribution in [1.29, 1.82) is 0 Å². The molecule has 1 aromatic rings. The molecule has 0 aromatic carbocycles. The van der Waals surface area contributed by atoms with Crippen LogP contribution >= 0.6 is 0 Å². The molecule has 124 valence electrons. The number of likely N-dealkylation sites (tertiary alicyclic amines) is 2. The Morgan fingerprint density at radius 2 is 1.96 bits per heavy atom. The number of nitrogens with zero attached hydrogens (tertiary/aromatic N) is 4. The van der Waals surface area contributed by atoms with Crippen LogP contribution in [-0.4, -0.2) is 63.4 Å². The van der Waals surface area contributed by atoms with Gasteiger partial charge in [-0.05, 0) is 19.4 Å². The summed E-state index contributed by atoms with van der Waals surface area (Å²) in [4.78, 5) is 36.0. The summed E-state index contributed by atoms with van der Waals surface area (Å²) in [7, 11) is 0. The lowest BCUT2D eigenvalue weighted by atomic mass is 10.1. The standard InChI is InChI=1S/C16H22N4O3/c1-12(20-9-2-4-14(20)21)15(22)19-10-5-13(6-11-19)23-16-17-7-3-8-18-16/h3,7-8,12-13H,2,4-6,9-11H2,1H3/t12-/m0/s1. The molecule has 2 aliphatic heterocycles. The molecule has 1 atom stereocenters. The van der Waals surface area contributed by atoms with Gasteiger partial charge in [0, 0.05) is 51.3 Å². The fraction of sp³-hybridized carbons (Fsp3) is 0.625. The van der Waals surface area contributed by atoms with Crippen molar-refractivity contribution in [3.8, 4) is 6.01 Å². The molecule has 2 amide bonds. The third-order valence-corrected chi connectivity index (χ3v) is 4.50. The van der Waals surface area contributed by atoms with Crippen molar-refractivity contribution in [3.63, 3.8) is 0 Å². The van der Waals surface area contributed by atoms with Gasteiger partial charge in [0.25, 0.3) is 0 Å². The summed E-state index contributed by atoms with van der Waals surface area (Å²) >= 11 is 0. The highest BCUT2D eigenvalue weighted by Crippen LogP contribution is 2.19. The Kier molecular flexibility index (Phi) is 4.73. The molecule has 3 rings (SSSR count). The predicted molar refractivity (Wildman–Crippen MR) is 82.7 cm³/mol. The lowest BCUT2D eigenvalue weighted by Crippen LogP contribution is -2.51. The van der Waals surface area contributed by atoms with E-state index in [9.17, 15) is 9.59 Å². The van der Waals surface area contributed by atoms with Crippen LogP contribution in [0.4, 0.5) is 0 Å². The van der Waals surface area contributed by atoms with Crippen molar-refractivity contribution < 1.29 is 14.3 Å². The van der Waals surface area contributed by atoms with E-state index in [1.54, 1.807) is 23.4 Å². The first-order valence-electron chi connectivity index (χ1n) is 8.17. The lowest BCUT2D eigenvalue weighted by molar-refractivity contribution is -0.144. The highest BCUT2D eigenvalue weighted by atomic mass is 16.5. The monoisotopic (exact) mass is 318 g/mol. The Morgan fingerprint density at radius 3 is 2.57 bits per heavy atom. The lowest BCUT2D eigenvalue weighted by Gasteiger charge is -2.35. The fourth-order valence-electron chi connectivity index (χ4n) is 3.17. The number of carbonyl (C=O) groups is 2. The highest BCUT2D eigenvalue weighted by Gasteiger charge is 2.33. The zero-order valence-corrected chi connectivity index (χ0v) is 13.4. The molecule has 2 fully saturated rings. The molecule has 23 heavy (non-hydrogen) atoms. The van der Waals surface area contributed by atoms with Gasteiger partial charge in [-0.15, -0.1) is 0 Å². The van der Waals surface area contributed by atoms with Gasteiger partial charge in [-0.3, -0.25) is 9.59 Å². The molecule has 0 bridgehead atoms. The first kappa shape index (κ1) is 15.7. The van der Waals surface area contributed by atoms with Crippen LogP contribution in [0.2, 0.25) is 0 Å². The summed E-state index contributed by atoms with van der Waals surface area (Å²) < 4.78 is 5.74. The van der Waals surface area contributed by atoms with E-state index in [0.29, 0.717) is 32.1 Å². The predicted octanol–water partition coefficient (Wildman–Crippen LogP) is 0.857. The molecule has 0 N–H and O–H groups in total. The maximum atomic E-state index is 12.6. The van der Waals surface area contributed by atoms with Gasteiger partial charge in [0.05, 0.1) is 0 Å². The van der Waals surface area contributed by atoms with Gasteiger partial charge in [0.1, 0.15) is 12.1 Å². The summed E-state index contributed by atoms with van der Waals surface area (Å²) in [5.74, 6) is 0.125. The van der Waals surface area contributed by atoms with Crippen molar-refractivity contribution in [3.05, 3.63) is 18.5 Å². The van der Waals surface area contributed by atoms with Crippen LogP contribution in [0.25, 0.3) is 0 Å². The van der Waals surface area contributed by atoms with E-state index in [4.69, 9.17) is 4.74 Å². The molecular formula is C16H22N4O3. The average Bonchev–Trinajstić information content (AvgIpc) is 3.01. The van der Waals surface area contributed by atoms with E-state index in [1.807, 2.05) is 11.8 Å². The van der Waals surface area contributed by atoms with E-state index in [1.165, 1.54) is 0 Å². The van der Waals surface area contributed by atoms with Crippen LogP contribution in [0.15, 0.2) is 18.5 Å². The van der Waals surface area contributed by atoms with Gasteiger partial charge in [0.15, 0.2) is 0 Å². The van der Waals surface area contributed by atoms with Gasteiger partial charge in [-0.2, -0.15) is 0 Å². The number of amides is 2. The summed E-state index contributed by atoms with van der Waals surface area (Å²) in [6.45, 7) is 3.80. The third kappa shape index (κ3) is 3.60. The van der Waals surface area contributed by atoms with Crippen LogP contribution in [0.3, 0.4) is 0 Å². The Morgan fingerprint density at radius 1 is 1.26 bits per heavy atom. The second-order valence-electron chi connectivity index (χ2n) is 6.04. The van der Waals surface area contributed by atoms with Gasteiger partial charge < -0.3 is 14.5 Å². The van der Waals surface area contributed by atoms with Crippen LogP contribution in [-0.2, 0) is 9.59 Å². The van der Waals surface area contributed by atoms with Crippen molar-refractivity contribution in [2.75, 3.05) is 19.6 Å². The zero-order chi connectivity index (χ0) is 16.2. The minimum Gasteiger partial charge on any atom is -0.460 e. The minimum absolute atomic E-state index is 0.0326. The quantitative estimate of drug-likeness (QED) is 0.823. The minimum atomic E-state index is -0.361. The Balaban J connectivity index is 1.50. The molecule has 2 aliphatic rings. The number of aromatic nitrogens is 2. The third-order valence-electron chi connectivity index (χ3n) is 4.50. The largest absolute Gasteiger partial charge is 0.460 e. The number of hydrogen-bond acceptors (Lipinski definition) is 5. The van der Waals surface area contributed by atoms with Crippen molar-refractivity contribution in [2.24, 2.45) is 0 Å². The first-order valence-corrected chi connectivity index (χ1v) is 8.17. The molecule has 3 heterocycles. The normalized spacial score (nSPS) is 20.7. The van der Waals surface area contributed by atoms with Crippen molar-refractivity contribution >= 4 is 11.8 Å². The summed E-state index contributed by atoms with van der Waals surface area (Å²) in [5, 5.41) is 0. The van der Waals surface area contributed by atoms with Crippen molar-refractivity contribution in [1.82, 2.24) is 19.8 Å². The molecule has 0 radical (unpaired) electrons. The first-order chi connectivity index (χ1) is 11.1. The molecular weight excluding hydrogens is 296 g/mol. The molecule has 0 aliphatic carbocycles. The second-order valence-corrected chi connectivity index (χ2v) is 6.04. The summed E-state index contributed by atoms with van der Waals surface area (Å²) in [6.07, 6.45) is 6.25. The molecule has 0 unspecified atom stereocenters. The van der Waals surface area contributed by atoms with Gasteiger partial charge in [-0.1, -0.05) is 0 Å². The average molecular weight is 318 g/mol. The van der Waals surface area contributed by atoms with E-state index in [-0.39, 0.29) is 24.0 Å². The fourth-order valence-corrected chi connectivity index (χ4v) is 3.17. The summed E-state index contributed by atoms with van der Waals surface area (Å²) in [5.41, 5.74) is 0. The van der Waals surface area contributed by atoms with Gasteiger partial charge in [-0.25, -0.2) is 9.97 Å². The van der Waals surface area contributed by atoms with Gasteiger partial charge in [0.2, 0.25) is 11.8 Å². The van der Waals surface area contributed by atoms with Crippen LogP contribution < -0.4 is 4.74 Å². The number of carbonyl (C=O) groups excluding carboxylic acids is 2. The zero-order valence-electron chi connectivity index (χ0n) is 13.4. The maximum absolute atomic E-state index is 12.6. The molecule has 0 spiro atoms. The van der Waals surface area contributed by atoms with E-state index in [0.717, 1.165) is 19.3 Å². The van der Waals surface area contributed by atoms with E-state index < -0.39 is 0 Å². The number of ether oxygens (including phenoxy) is 1. The molecule has 2 saturated heterocycles. The van der Waals surface area contributed by atoms with Crippen molar-refractivity contribution in [2.45, 2.75) is 44.8 Å². The van der Waals surface area contributed by atoms with Crippen LogP contribution in [0.1, 0.15) is 32.6 Å². The molecule has 1 aromatic heterocycles. The Hall–Kier alpha value is -2.18. The van der Waals surface area contributed by atoms with Crippen LogP contribution in [0.5, 0.6) is 6.01 Å². The van der Waals surface area contributed by atoms with Gasteiger partial charge >= 0.3 is 6.01 Å². The van der Waals surface area contributed by atoms with E-state index >= 15 is 0 Å². The Bertz CT molecular complexity index is 558. The molecule has 7 nitrogen and oxygen atoms in total. The number of piperidine rings is 1.